The fraction of sp³-hybridized carbons (Fsp3) is 0.412. The predicted octanol–water partition coefficient (Wildman–Crippen LogP) is 3.54. The molecule has 0 aliphatic carbocycles. The van der Waals surface area contributed by atoms with E-state index in [9.17, 15) is 17.6 Å². The van der Waals surface area contributed by atoms with Crippen LogP contribution in [0.1, 0.15) is 26.6 Å². The molecule has 0 fully saturated rings. The monoisotopic (exact) mass is 399 g/mol. The summed E-state index contributed by atoms with van der Waals surface area (Å²) >= 11 is 0. The van der Waals surface area contributed by atoms with Gasteiger partial charge in [0, 0.05) is 25.1 Å². The third-order valence-electron chi connectivity index (χ3n) is 4.19. The molecule has 0 aliphatic rings. The number of aromatic nitrogens is 5. The zero-order valence-electron chi connectivity index (χ0n) is 15.5. The van der Waals surface area contributed by atoms with Gasteiger partial charge in [0.1, 0.15) is 5.60 Å². The predicted molar refractivity (Wildman–Crippen MR) is 90.2 cm³/mol. The van der Waals surface area contributed by atoms with Gasteiger partial charge < -0.3 is 9.47 Å². The molecular formula is C17H17F4N5O2. The van der Waals surface area contributed by atoms with E-state index in [2.05, 4.69) is 24.9 Å². The number of ether oxygens (including phenoxy) is 2. The number of hydrogen-bond donors (Lipinski definition) is 0. The van der Waals surface area contributed by atoms with Crippen LogP contribution in [0.4, 0.5) is 17.6 Å². The maximum Gasteiger partial charge on any atom is 0.425 e. The fourth-order valence-electron chi connectivity index (χ4n) is 2.34. The lowest BCUT2D eigenvalue weighted by Crippen LogP contribution is -2.31. The summed E-state index contributed by atoms with van der Waals surface area (Å²) in [5.41, 5.74) is 0.285. The van der Waals surface area contributed by atoms with Gasteiger partial charge in [-0.05, 0) is 26.8 Å². The van der Waals surface area contributed by atoms with Crippen molar-refractivity contribution < 1.29 is 27.0 Å². The Morgan fingerprint density at radius 3 is 2.43 bits per heavy atom. The van der Waals surface area contributed by atoms with E-state index in [-0.39, 0.29) is 5.56 Å². The Morgan fingerprint density at radius 2 is 1.82 bits per heavy atom. The van der Waals surface area contributed by atoms with E-state index >= 15 is 0 Å². The van der Waals surface area contributed by atoms with Crippen molar-refractivity contribution in [1.82, 2.24) is 24.6 Å². The molecule has 150 valence electrons. The van der Waals surface area contributed by atoms with Gasteiger partial charge in [-0.2, -0.15) is 13.2 Å². The summed E-state index contributed by atoms with van der Waals surface area (Å²) in [6, 6.07) is 1.01. The van der Waals surface area contributed by atoms with Crippen LogP contribution in [0.2, 0.25) is 0 Å². The van der Waals surface area contributed by atoms with Crippen LogP contribution in [0, 0.1) is 5.82 Å². The zero-order valence-corrected chi connectivity index (χ0v) is 15.5. The van der Waals surface area contributed by atoms with E-state index in [1.165, 1.54) is 19.5 Å². The molecule has 0 spiro atoms. The number of methoxy groups -OCH3 is 1. The van der Waals surface area contributed by atoms with Crippen molar-refractivity contribution in [1.29, 1.82) is 0 Å². The zero-order chi connectivity index (χ0) is 20.7. The highest BCUT2D eigenvalue weighted by Gasteiger charge is 2.38. The Bertz CT molecular complexity index is 1000. The number of rotatable bonds is 5. The second-order valence-corrected chi connectivity index (χ2v) is 6.55. The van der Waals surface area contributed by atoms with Gasteiger partial charge in [0.25, 0.3) is 5.88 Å². The van der Waals surface area contributed by atoms with E-state index in [0.29, 0.717) is 17.2 Å². The molecule has 0 saturated carbocycles. The molecule has 3 heterocycles. The van der Waals surface area contributed by atoms with Gasteiger partial charge in [-0.1, -0.05) is 0 Å². The van der Waals surface area contributed by atoms with Crippen molar-refractivity contribution in [3.63, 3.8) is 0 Å². The molecule has 7 nitrogen and oxygen atoms in total. The Kier molecular flexibility index (Phi) is 4.96. The first-order valence-corrected chi connectivity index (χ1v) is 8.18. The first-order chi connectivity index (χ1) is 13.0. The average molecular weight is 399 g/mol. The van der Waals surface area contributed by atoms with Gasteiger partial charge in [0.15, 0.2) is 23.4 Å². The van der Waals surface area contributed by atoms with E-state index in [0.717, 1.165) is 13.0 Å². The van der Waals surface area contributed by atoms with Crippen molar-refractivity contribution in [3.8, 4) is 17.1 Å². The molecular weight excluding hydrogens is 382 g/mol. The highest BCUT2D eigenvalue weighted by Crippen LogP contribution is 2.28. The lowest BCUT2D eigenvalue weighted by molar-refractivity contribution is -0.190. The molecule has 3 aromatic heterocycles. The van der Waals surface area contributed by atoms with Crippen molar-refractivity contribution in [2.75, 3.05) is 7.11 Å². The van der Waals surface area contributed by atoms with Gasteiger partial charge in [-0.15, -0.1) is 10.2 Å². The highest BCUT2D eigenvalue weighted by molar-refractivity contribution is 5.59. The van der Waals surface area contributed by atoms with E-state index in [1.54, 1.807) is 24.4 Å². The number of hydrogen-bond acceptors (Lipinski definition) is 6. The van der Waals surface area contributed by atoms with Crippen LogP contribution in [0.25, 0.3) is 16.9 Å². The lowest BCUT2D eigenvalue weighted by Gasteiger charge is -2.20. The van der Waals surface area contributed by atoms with Crippen LogP contribution in [-0.2, 0) is 10.3 Å². The van der Waals surface area contributed by atoms with Crippen LogP contribution in [0.5, 0.6) is 5.88 Å². The molecule has 3 rings (SSSR count). The Labute approximate surface area is 157 Å². The van der Waals surface area contributed by atoms with Crippen LogP contribution in [0.3, 0.4) is 0 Å². The molecule has 28 heavy (non-hydrogen) atoms. The quantitative estimate of drug-likeness (QED) is 0.611. The molecule has 11 heteroatoms. The third kappa shape index (κ3) is 3.75. The summed E-state index contributed by atoms with van der Waals surface area (Å²) in [6.45, 7) is 4.38. The molecule has 0 saturated heterocycles. The van der Waals surface area contributed by atoms with Gasteiger partial charge >= 0.3 is 6.18 Å². The second kappa shape index (κ2) is 6.97. The molecule has 0 aromatic carbocycles. The van der Waals surface area contributed by atoms with E-state index < -0.39 is 29.6 Å². The van der Waals surface area contributed by atoms with Crippen LogP contribution in [-0.4, -0.2) is 44.0 Å². The second-order valence-electron chi connectivity index (χ2n) is 6.55. The Hall–Kier alpha value is -2.82. The van der Waals surface area contributed by atoms with Crippen molar-refractivity contribution >= 4 is 5.65 Å². The van der Waals surface area contributed by atoms with Crippen molar-refractivity contribution in [2.24, 2.45) is 0 Å². The Morgan fingerprint density at radius 1 is 1.11 bits per heavy atom. The molecule has 0 amide bonds. The molecule has 0 radical (unpaired) electrons. The number of pyridine rings is 1. The van der Waals surface area contributed by atoms with Crippen LogP contribution < -0.4 is 4.74 Å². The van der Waals surface area contributed by atoms with Gasteiger partial charge in [0.2, 0.25) is 0 Å². The minimum atomic E-state index is -4.63. The number of fused-ring (bicyclic) bond motifs is 1. The smallest absolute Gasteiger partial charge is 0.425 e. The summed E-state index contributed by atoms with van der Waals surface area (Å²) in [7, 11) is 1.53. The molecule has 0 N–H and O–H groups in total. The normalized spacial score (nSPS) is 13.7. The summed E-state index contributed by atoms with van der Waals surface area (Å²) in [5.74, 6) is -1.27. The topological polar surface area (TPSA) is 74.4 Å². The maximum atomic E-state index is 14.2. The highest BCUT2D eigenvalue weighted by atomic mass is 19.4. The maximum absolute atomic E-state index is 14.2. The average Bonchev–Trinajstić information content (AvgIpc) is 3.06. The first kappa shape index (κ1) is 19.9. The molecule has 0 aliphatic heterocycles. The third-order valence-corrected chi connectivity index (χ3v) is 4.19. The molecule has 3 aromatic rings. The summed E-state index contributed by atoms with van der Waals surface area (Å²) in [6.07, 6.45) is -2.63. The van der Waals surface area contributed by atoms with E-state index in [1.807, 2.05) is 0 Å². The van der Waals surface area contributed by atoms with Crippen LogP contribution >= 0.6 is 0 Å². The molecule has 1 atom stereocenters. The number of halogens is 4. The van der Waals surface area contributed by atoms with Crippen molar-refractivity contribution in [3.05, 3.63) is 36.3 Å². The number of alkyl halides is 3. The number of nitrogens with zero attached hydrogens (tertiary/aromatic N) is 5. The van der Waals surface area contributed by atoms with E-state index in [4.69, 9.17) is 4.74 Å². The van der Waals surface area contributed by atoms with Gasteiger partial charge in [0.05, 0.1) is 11.9 Å². The van der Waals surface area contributed by atoms with Crippen molar-refractivity contribution in [2.45, 2.75) is 38.7 Å². The largest absolute Gasteiger partial charge is 0.463 e. The molecule has 0 bridgehead atoms. The minimum Gasteiger partial charge on any atom is -0.463 e. The molecule has 0 unspecified atom stereocenters. The minimum absolute atomic E-state index is 0.251. The van der Waals surface area contributed by atoms with Crippen LogP contribution in [0.15, 0.2) is 24.7 Å². The lowest BCUT2D eigenvalue weighted by atomic mass is 10.1. The standard InChI is InChI=1S/C17H17F4N5O2/c1-9(17(19,20)21)28-14-11(18)5-10(6-23-14)12-8-26-13(7-22-12)24-25-15(26)16(2,3)27-4/h5-9H,1-4H3/t9-/m0/s1. The summed E-state index contributed by atoms with van der Waals surface area (Å²) < 4.78 is 63.6. The fourth-order valence-corrected chi connectivity index (χ4v) is 2.34. The van der Waals surface area contributed by atoms with Gasteiger partial charge in [-0.25, -0.2) is 9.37 Å². The van der Waals surface area contributed by atoms with Gasteiger partial charge in [-0.3, -0.25) is 9.38 Å². The Balaban J connectivity index is 1.97. The SMILES string of the molecule is COC(C)(C)c1nnc2cnc(-c3cnc(O[C@@H](C)C(F)(F)F)c(F)c3)cn12. The summed E-state index contributed by atoms with van der Waals surface area (Å²) in [5, 5.41) is 8.10. The first-order valence-electron chi connectivity index (χ1n) is 8.18. The summed E-state index contributed by atoms with van der Waals surface area (Å²) in [4.78, 5) is 7.84.